The van der Waals surface area contributed by atoms with Crippen molar-refractivity contribution < 1.29 is 14.0 Å². The molecule has 0 saturated heterocycles. The normalized spacial score (nSPS) is 11.9. The summed E-state index contributed by atoms with van der Waals surface area (Å²) in [5.41, 5.74) is 4.15. The number of aromatic amines is 1. The highest BCUT2D eigenvalue weighted by atomic mass is 16.3. The third kappa shape index (κ3) is 3.93. The molecule has 0 fully saturated rings. The van der Waals surface area contributed by atoms with Crippen LogP contribution in [0.5, 0.6) is 0 Å². The number of rotatable bonds is 6. The van der Waals surface area contributed by atoms with Crippen molar-refractivity contribution in [3.05, 3.63) is 78.3 Å². The van der Waals surface area contributed by atoms with Gasteiger partial charge in [0.1, 0.15) is 5.52 Å². The molecule has 0 spiro atoms. The monoisotopic (exact) mass is 356 g/mol. The minimum absolute atomic E-state index is 0.163. The molecule has 132 valence electrons. The lowest BCUT2D eigenvalue weighted by Crippen LogP contribution is -2.01. The first-order valence-corrected chi connectivity index (χ1v) is 8.50. The van der Waals surface area contributed by atoms with Crippen LogP contribution in [0.4, 0.5) is 0 Å². The number of aromatic nitrogens is 2. The third-order valence-corrected chi connectivity index (χ3v) is 4.21. The number of hydrogen-bond acceptors (Lipinski definition) is 4. The van der Waals surface area contributed by atoms with E-state index in [0.29, 0.717) is 5.58 Å². The van der Waals surface area contributed by atoms with Crippen LogP contribution in [-0.4, -0.2) is 21.5 Å². The summed E-state index contributed by atoms with van der Waals surface area (Å²) in [6.45, 7) is 0. The zero-order chi connectivity index (χ0) is 18.6. The highest BCUT2D eigenvalue weighted by Crippen LogP contribution is 2.16. The lowest BCUT2D eigenvalue weighted by molar-refractivity contribution is -0.121. The van der Waals surface area contributed by atoms with Gasteiger partial charge in [-0.15, -0.1) is 0 Å². The fraction of sp³-hybridized carbons (Fsp3) is 0.0455. The van der Waals surface area contributed by atoms with Crippen molar-refractivity contribution in [3.8, 4) is 0 Å². The van der Waals surface area contributed by atoms with E-state index in [1.807, 2.05) is 42.6 Å². The second-order valence-corrected chi connectivity index (χ2v) is 6.18. The Balaban J connectivity index is 1.37. The Hall–Kier alpha value is -3.73. The van der Waals surface area contributed by atoms with Crippen LogP contribution in [0.2, 0.25) is 0 Å². The van der Waals surface area contributed by atoms with E-state index in [9.17, 15) is 9.59 Å². The number of nitrogens with zero attached hydrogens (tertiary/aromatic N) is 1. The molecule has 5 nitrogen and oxygen atoms in total. The summed E-state index contributed by atoms with van der Waals surface area (Å²) in [6.07, 6.45) is 9.33. The van der Waals surface area contributed by atoms with Gasteiger partial charge in [0.2, 0.25) is 0 Å². The molecule has 0 radical (unpaired) electrons. The van der Waals surface area contributed by atoms with Crippen molar-refractivity contribution in [1.29, 1.82) is 0 Å². The summed E-state index contributed by atoms with van der Waals surface area (Å²) in [7, 11) is 0. The molecule has 0 unspecified atom stereocenters. The Morgan fingerprint density at radius 2 is 1.70 bits per heavy atom. The highest BCUT2D eigenvalue weighted by molar-refractivity contribution is 6.11. The number of benzene rings is 2. The Kier molecular flexibility index (Phi) is 4.49. The van der Waals surface area contributed by atoms with E-state index in [0.717, 1.165) is 27.5 Å². The minimum Gasteiger partial charge on any atom is -0.443 e. The number of oxazole rings is 1. The van der Waals surface area contributed by atoms with E-state index in [1.54, 1.807) is 18.2 Å². The molecule has 4 rings (SSSR count). The van der Waals surface area contributed by atoms with E-state index < -0.39 is 0 Å². The van der Waals surface area contributed by atoms with Crippen LogP contribution in [0.3, 0.4) is 0 Å². The van der Waals surface area contributed by atoms with Gasteiger partial charge in [-0.05, 0) is 52.9 Å². The van der Waals surface area contributed by atoms with Crippen molar-refractivity contribution >= 4 is 45.7 Å². The summed E-state index contributed by atoms with van der Waals surface area (Å²) >= 11 is 0. The SMILES string of the molecule is O=C(C=Cc1ccc2ocnc2c1)CC(=O)C=Cc1ccc2cc[nH]c2c1. The number of carbonyl (C=O) groups is 2. The first-order valence-electron chi connectivity index (χ1n) is 8.50. The van der Waals surface area contributed by atoms with Gasteiger partial charge < -0.3 is 9.40 Å². The topological polar surface area (TPSA) is 76.0 Å². The Bertz CT molecular complexity index is 1100. The maximum Gasteiger partial charge on any atom is 0.181 e. The zero-order valence-electron chi connectivity index (χ0n) is 14.4. The molecule has 4 aromatic rings. The van der Waals surface area contributed by atoms with Crippen LogP contribution in [0, 0.1) is 0 Å². The second kappa shape index (κ2) is 7.25. The van der Waals surface area contributed by atoms with Gasteiger partial charge in [-0.2, -0.15) is 0 Å². The number of allylic oxidation sites excluding steroid dienone is 2. The maximum absolute atomic E-state index is 12.0. The average Bonchev–Trinajstić information content (AvgIpc) is 3.32. The second-order valence-electron chi connectivity index (χ2n) is 6.18. The molecule has 0 atom stereocenters. The fourth-order valence-electron chi connectivity index (χ4n) is 2.82. The van der Waals surface area contributed by atoms with Gasteiger partial charge in [0.05, 0.1) is 6.42 Å². The number of fused-ring (bicyclic) bond motifs is 2. The van der Waals surface area contributed by atoms with Crippen LogP contribution in [0.15, 0.2) is 71.6 Å². The molecule has 27 heavy (non-hydrogen) atoms. The summed E-state index contributed by atoms with van der Waals surface area (Å²) in [5, 5.41) is 1.11. The van der Waals surface area contributed by atoms with Crippen molar-refractivity contribution in [2.24, 2.45) is 0 Å². The number of H-pyrrole nitrogens is 1. The van der Waals surface area contributed by atoms with Crippen LogP contribution >= 0.6 is 0 Å². The smallest absolute Gasteiger partial charge is 0.181 e. The maximum atomic E-state index is 12.0. The van der Waals surface area contributed by atoms with Crippen molar-refractivity contribution in [2.75, 3.05) is 0 Å². The first kappa shape index (κ1) is 16.7. The molecular formula is C22H16N2O3. The Morgan fingerprint density at radius 3 is 2.52 bits per heavy atom. The number of ketones is 2. The lowest BCUT2D eigenvalue weighted by Gasteiger charge is -1.95. The predicted molar refractivity (Wildman–Crippen MR) is 105 cm³/mol. The van der Waals surface area contributed by atoms with Crippen molar-refractivity contribution in [1.82, 2.24) is 9.97 Å². The van der Waals surface area contributed by atoms with Crippen LogP contribution in [-0.2, 0) is 9.59 Å². The minimum atomic E-state index is -0.246. The van der Waals surface area contributed by atoms with Gasteiger partial charge in [0, 0.05) is 11.7 Å². The van der Waals surface area contributed by atoms with Crippen molar-refractivity contribution in [3.63, 3.8) is 0 Å². The third-order valence-electron chi connectivity index (χ3n) is 4.21. The molecule has 2 aromatic carbocycles. The largest absolute Gasteiger partial charge is 0.443 e. The number of hydrogen-bond donors (Lipinski definition) is 1. The molecule has 0 saturated carbocycles. The van der Waals surface area contributed by atoms with Crippen LogP contribution < -0.4 is 0 Å². The van der Waals surface area contributed by atoms with Gasteiger partial charge in [0.15, 0.2) is 23.5 Å². The van der Waals surface area contributed by atoms with Gasteiger partial charge in [-0.25, -0.2) is 4.98 Å². The molecule has 5 heteroatoms. The molecule has 0 aliphatic rings. The standard InChI is InChI=1S/C22H16N2O3/c25-18(6-2-15-1-5-17-9-10-23-20(17)11-15)13-19(26)7-3-16-4-8-22-21(12-16)24-14-27-22/h1-12,14,23H,13H2. The number of carbonyl (C=O) groups excluding carboxylic acids is 2. The quantitative estimate of drug-likeness (QED) is 0.406. The Morgan fingerprint density at radius 1 is 0.963 bits per heavy atom. The highest BCUT2D eigenvalue weighted by Gasteiger charge is 2.04. The van der Waals surface area contributed by atoms with Crippen LogP contribution in [0.25, 0.3) is 34.2 Å². The zero-order valence-corrected chi connectivity index (χ0v) is 14.4. The summed E-state index contributed by atoms with van der Waals surface area (Å²) in [6, 6.07) is 13.3. The van der Waals surface area contributed by atoms with Gasteiger partial charge >= 0.3 is 0 Å². The molecular weight excluding hydrogens is 340 g/mol. The Labute approximate surface area is 155 Å². The van der Waals surface area contributed by atoms with Crippen LogP contribution in [0.1, 0.15) is 17.5 Å². The first-order chi connectivity index (χ1) is 13.2. The fourth-order valence-corrected chi connectivity index (χ4v) is 2.82. The summed E-state index contributed by atoms with van der Waals surface area (Å²) < 4.78 is 5.18. The lowest BCUT2D eigenvalue weighted by atomic mass is 10.1. The van der Waals surface area contributed by atoms with Gasteiger partial charge in [-0.3, -0.25) is 9.59 Å². The molecule has 0 aliphatic carbocycles. The molecule has 1 N–H and O–H groups in total. The summed E-state index contributed by atoms with van der Waals surface area (Å²) in [5.74, 6) is -0.479. The molecule has 0 amide bonds. The van der Waals surface area contributed by atoms with Gasteiger partial charge in [-0.1, -0.05) is 30.4 Å². The molecule has 2 aromatic heterocycles. The number of nitrogens with one attached hydrogen (secondary N) is 1. The van der Waals surface area contributed by atoms with Crippen molar-refractivity contribution in [2.45, 2.75) is 6.42 Å². The van der Waals surface area contributed by atoms with Gasteiger partial charge in [0.25, 0.3) is 0 Å². The van der Waals surface area contributed by atoms with E-state index in [4.69, 9.17) is 4.42 Å². The van der Waals surface area contributed by atoms with E-state index in [2.05, 4.69) is 9.97 Å². The van der Waals surface area contributed by atoms with E-state index in [-0.39, 0.29) is 18.0 Å². The predicted octanol–water partition coefficient (Wildman–Crippen LogP) is 4.56. The average molecular weight is 356 g/mol. The van der Waals surface area contributed by atoms with E-state index >= 15 is 0 Å². The molecule has 0 aliphatic heterocycles. The molecule has 2 heterocycles. The molecule has 0 bridgehead atoms. The van der Waals surface area contributed by atoms with E-state index in [1.165, 1.54) is 18.5 Å². The summed E-state index contributed by atoms with van der Waals surface area (Å²) in [4.78, 5) is 31.2.